The van der Waals surface area contributed by atoms with Gasteiger partial charge in [0.05, 0.1) is 32.0 Å². The number of amides is 3. The highest BCUT2D eigenvalue weighted by molar-refractivity contribution is 5.96. The smallest absolute Gasteiger partial charge is 0.387 e. The molecular formula is C35H39F4N8O4+. The summed E-state index contributed by atoms with van der Waals surface area (Å²) in [6.45, 7) is 2.05. The summed E-state index contributed by atoms with van der Waals surface area (Å²) in [4.78, 5) is 50.7. The molecule has 12 nitrogen and oxygen atoms in total. The third-order valence-electron chi connectivity index (χ3n) is 9.75. The summed E-state index contributed by atoms with van der Waals surface area (Å²) in [5, 5.41) is 3.19. The Morgan fingerprint density at radius 2 is 1.73 bits per heavy atom. The molecule has 0 bridgehead atoms. The summed E-state index contributed by atoms with van der Waals surface area (Å²) in [5.41, 5.74) is 7.61. The molecule has 16 heteroatoms. The fraction of sp³-hybridized carbons (Fsp3) is 0.400. The van der Waals surface area contributed by atoms with Gasteiger partial charge in [0, 0.05) is 74.1 Å². The summed E-state index contributed by atoms with van der Waals surface area (Å²) in [6, 6.07) is 7.38. The van der Waals surface area contributed by atoms with Gasteiger partial charge in [-0.3, -0.25) is 18.8 Å². The molecule has 51 heavy (non-hydrogen) atoms. The van der Waals surface area contributed by atoms with E-state index in [1.165, 1.54) is 23.0 Å². The minimum absolute atomic E-state index is 0.0972. The van der Waals surface area contributed by atoms with Crippen molar-refractivity contribution in [1.82, 2.24) is 24.2 Å². The van der Waals surface area contributed by atoms with Crippen molar-refractivity contribution in [2.75, 3.05) is 58.2 Å². The number of likely N-dealkylation sites (N-methyl/N-ethyl adjacent to an activating group) is 1. The number of ether oxygens (including phenoxy) is 1. The van der Waals surface area contributed by atoms with E-state index in [1.54, 1.807) is 17.0 Å². The minimum atomic E-state index is -3.31. The molecule has 3 N–H and O–H groups in total. The van der Waals surface area contributed by atoms with Gasteiger partial charge >= 0.3 is 6.61 Å². The number of quaternary nitrogens is 1. The Bertz CT molecular complexity index is 1960. The van der Waals surface area contributed by atoms with E-state index in [4.69, 9.17) is 5.73 Å². The van der Waals surface area contributed by atoms with Gasteiger partial charge in [0.15, 0.2) is 29.6 Å². The molecule has 2 fully saturated rings. The first-order chi connectivity index (χ1) is 24.4. The van der Waals surface area contributed by atoms with E-state index in [-0.39, 0.29) is 47.1 Å². The quantitative estimate of drug-likeness (QED) is 0.186. The summed E-state index contributed by atoms with van der Waals surface area (Å²) in [7, 11) is 1.99. The Kier molecular flexibility index (Phi) is 10.1. The number of nitrogens with two attached hydrogens (primary N) is 1. The predicted octanol–water partition coefficient (Wildman–Crippen LogP) is 4.21. The molecule has 2 aromatic carbocycles. The lowest BCUT2D eigenvalue weighted by molar-refractivity contribution is -0.907. The summed E-state index contributed by atoms with van der Waals surface area (Å²) >= 11 is 0. The third kappa shape index (κ3) is 7.45. The van der Waals surface area contributed by atoms with Crippen molar-refractivity contribution in [3.05, 3.63) is 71.7 Å². The SMILES string of the molecule is CCc1cc(Nc2nccn3c(-c4ccc(OC(F)F)c(F)c4F)cnc23)ccc1C(=O)N1CCN(C(=O)C2CC[N+](C)(CC(N)=O)CC2)CC1. The van der Waals surface area contributed by atoms with Crippen LogP contribution in [-0.2, 0) is 16.0 Å². The number of aromatic nitrogens is 3. The number of fused-ring (bicyclic) bond motifs is 1. The van der Waals surface area contributed by atoms with Crippen molar-refractivity contribution in [3.63, 3.8) is 0 Å². The highest BCUT2D eigenvalue weighted by Crippen LogP contribution is 2.33. The van der Waals surface area contributed by atoms with Crippen LogP contribution in [0.15, 0.2) is 48.9 Å². The van der Waals surface area contributed by atoms with E-state index in [0.717, 1.165) is 30.8 Å². The van der Waals surface area contributed by atoms with Crippen molar-refractivity contribution < 1.29 is 41.2 Å². The molecule has 0 atom stereocenters. The molecule has 2 aliphatic rings. The number of rotatable bonds is 10. The molecule has 0 radical (unpaired) electrons. The fourth-order valence-corrected chi connectivity index (χ4v) is 6.96. The van der Waals surface area contributed by atoms with Crippen LogP contribution >= 0.6 is 0 Å². The number of carbonyl (C=O) groups is 3. The third-order valence-corrected chi connectivity index (χ3v) is 9.75. The van der Waals surface area contributed by atoms with Crippen LogP contribution in [0.1, 0.15) is 35.7 Å². The number of alkyl halides is 2. The number of likely N-dealkylation sites (tertiary alicyclic amines) is 1. The summed E-state index contributed by atoms with van der Waals surface area (Å²) in [6.07, 6.45) is 6.22. The van der Waals surface area contributed by atoms with Gasteiger partial charge in [-0.05, 0) is 42.3 Å². The van der Waals surface area contributed by atoms with Crippen molar-refractivity contribution >= 4 is 34.9 Å². The number of benzene rings is 2. The largest absolute Gasteiger partial charge is 0.432 e. The number of primary amides is 1. The van der Waals surface area contributed by atoms with E-state index < -0.39 is 24.0 Å². The number of nitrogens with zero attached hydrogens (tertiary/aromatic N) is 6. The maximum absolute atomic E-state index is 14.9. The van der Waals surface area contributed by atoms with Crippen molar-refractivity contribution in [2.24, 2.45) is 11.7 Å². The van der Waals surface area contributed by atoms with E-state index >= 15 is 0 Å². The van der Waals surface area contributed by atoms with Crippen LogP contribution in [0.4, 0.5) is 29.1 Å². The molecule has 4 heterocycles. The Balaban J connectivity index is 1.11. The zero-order chi connectivity index (χ0) is 36.4. The monoisotopic (exact) mass is 711 g/mol. The molecule has 0 saturated carbocycles. The average molecular weight is 712 g/mol. The minimum Gasteiger partial charge on any atom is -0.432 e. The summed E-state index contributed by atoms with van der Waals surface area (Å²) < 4.78 is 60.7. The highest BCUT2D eigenvalue weighted by atomic mass is 19.3. The molecule has 0 spiro atoms. The second-order valence-corrected chi connectivity index (χ2v) is 13.2. The Hall–Kier alpha value is -5.25. The predicted molar refractivity (Wildman–Crippen MR) is 179 cm³/mol. The Labute approximate surface area is 291 Å². The molecule has 0 aliphatic carbocycles. The number of piperidine rings is 1. The maximum Gasteiger partial charge on any atom is 0.387 e. The number of hydrogen-bond acceptors (Lipinski definition) is 7. The van der Waals surface area contributed by atoms with Gasteiger partial charge in [0.1, 0.15) is 0 Å². The van der Waals surface area contributed by atoms with Crippen LogP contribution in [0.2, 0.25) is 0 Å². The molecule has 0 unspecified atom stereocenters. The first-order valence-electron chi connectivity index (χ1n) is 16.7. The van der Waals surface area contributed by atoms with Gasteiger partial charge in [-0.2, -0.15) is 13.2 Å². The second-order valence-electron chi connectivity index (χ2n) is 13.2. The maximum atomic E-state index is 14.9. The summed E-state index contributed by atoms with van der Waals surface area (Å²) in [5.74, 6) is -3.98. The number of halogens is 4. The number of aryl methyl sites for hydroxylation is 1. The van der Waals surface area contributed by atoms with Crippen molar-refractivity contribution in [2.45, 2.75) is 32.8 Å². The van der Waals surface area contributed by atoms with E-state index in [0.29, 0.717) is 67.0 Å². The van der Waals surface area contributed by atoms with Gasteiger partial charge < -0.3 is 30.1 Å². The van der Waals surface area contributed by atoms with E-state index in [9.17, 15) is 31.9 Å². The van der Waals surface area contributed by atoms with Gasteiger partial charge in [0.25, 0.3) is 11.8 Å². The van der Waals surface area contributed by atoms with Crippen molar-refractivity contribution in [3.8, 4) is 17.0 Å². The molecular weight excluding hydrogens is 672 g/mol. The lowest BCUT2D eigenvalue weighted by atomic mass is 9.93. The average Bonchev–Trinajstić information content (AvgIpc) is 3.54. The van der Waals surface area contributed by atoms with Crippen LogP contribution in [-0.4, -0.2) is 106 Å². The Morgan fingerprint density at radius 1 is 1.02 bits per heavy atom. The van der Waals surface area contributed by atoms with Gasteiger partial charge in [-0.15, -0.1) is 0 Å². The molecule has 2 aromatic heterocycles. The molecule has 270 valence electrons. The molecule has 6 rings (SSSR count). The van der Waals surface area contributed by atoms with Crippen LogP contribution in [0.5, 0.6) is 5.75 Å². The van der Waals surface area contributed by atoms with Crippen LogP contribution in [0, 0.1) is 17.6 Å². The van der Waals surface area contributed by atoms with E-state index in [2.05, 4.69) is 20.0 Å². The number of nitrogens with one attached hydrogen (secondary N) is 1. The molecule has 2 saturated heterocycles. The molecule has 4 aromatic rings. The first kappa shape index (κ1) is 35.6. The van der Waals surface area contributed by atoms with Gasteiger partial charge in [0.2, 0.25) is 11.7 Å². The van der Waals surface area contributed by atoms with E-state index in [1.807, 2.05) is 24.9 Å². The van der Waals surface area contributed by atoms with Gasteiger partial charge in [-0.25, -0.2) is 14.4 Å². The number of carbonyl (C=O) groups excluding carboxylic acids is 3. The van der Waals surface area contributed by atoms with Crippen molar-refractivity contribution in [1.29, 1.82) is 0 Å². The standard InChI is InChI=1S/C35H38F4N8O4/c1-3-21-18-23(43-31-32-42-19-26(46(32)11-10-41-31)25-6-7-27(51-35(38)39)30(37)29(25)36)4-5-24(21)34(50)45-14-12-44(13-15-45)33(49)22-8-16-47(2,17-9-22)20-28(40)48/h4-7,10-11,18-19,22,35H,3,8-9,12-17,20H2,1-2H3,(H2-,40,41,43,48,50)/p+1. The molecule has 2 aliphatic heterocycles. The molecule has 3 amide bonds. The number of piperazine rings is 1. The van der Waals surface area contributed by atoms with Gasteiger partial charge in [-0.1, -0.05) is 6.92 Å². The fourth-order valence-electron chi connectivity index (χ4n) is 6.96. The number of anilines is 2. The topological polar surface area (TPSA) is 135 Å². The van der Waals surface area contributed by atoms with Crippen LogP contribution in [0.25, 0.3) is 16.9 Å². The normalized spacial score (nSPS) is 19.4. The number of hydrogen-bond donors (Lipinski definition) is 2. The lowest BCUT2D eigenvalue weighted by Crippen LogP contribution is -2.57. The zero-order valence-corrected chi connectivity index (χ0v) is 28.3. The Morgan fingerprint density at radius 3 is 2.39 bits per heavy atom. The highest BCUT2D eigenvalue weighted by Gasteiger charge is 2.37. The zero-order valence-electron chi connectivity index (χ0n) is 28.3. The number of imidazole rings is 1. The second kappa shape index (κ2) is 14.5. The lowest BCUT2D eigenvalue weighted by Gasteiger charge is -2.41. The first-order valence-corrected chi connectivity index (χ1v) is 16.7. The van der Waals surface area contributed by atoms with Crippen LogP contribution in [0.3, 0.4) is 0 Å². The van der Waals surface area contributed by atoms with Crippen LogP contribution < -0.4 is 15.8 Å².